The Labute approximate surface area is 201 Å². The standard InChI is InChI=1S/C24H28N6O3S/c1-3-18-14-28(10-11-30(18)20-7-9-29-13-17(6-8-25)27-23(20)29)22(24(31,32)33)16-4-5-19-21(12-16)34-15(2)26-19/h4-5,7,12-13,18,22,31-33H,3,6,9-11,14H2,1-2H3. The third-order valence-corrected chi connectivity index (χ3v) is 7.59. The van der Waals surface area contributed by atoms with Gasteiger partial charge in [-0.25, -0.2) is 9.97 Å². The molecular weight excluding hydrogens is 452 g/mol. The normalized spacial score (nSPS) is 19.8. The van der Waals surface area contributed by atoms with Crippen molar-refractivity contribution in [3.63, 3.8) is 0 Å². The monoisotopic (exact) mass is 480 g/mol. The lowest BCUT2D eigenvalue weighted by Crippen LogP contribution is -2.57. The fraction of sp³-hybridized carbons (Fsp3) is 0.458. The highest BCUT2D eigenvalue weighted by Crippen LogP contribution is 2.36. The van der Waals surface area contributed by atoms with E-state index < -0.39 is 12.0 Å². The minimum atomic E-state index is -2.89. The van der Waals surface area contributed by atoms with Crippen molar-refractivity contribution in [2.75, 3.05) is 19.6 Å². The number of hydrogen-bond donors (Lipinski definition) is 3. The first-order valence-corrected chi connectivity index (χ1v) is 12.3. The molecule has 0 radical (unpaired) electrons. The first-order chi connectivity index (χ1) is 16.3. The van der Waals surface area contributed by atoms with Gasteiger partial charge < -0.3 is 24.8 Å². The smallest absolute Gasteiger partial charge is 0.296 e. The van der Waals surface area contributed by atoms with E-state index in [1.807, 2.05) is 36.2 Å². The number of rotatable bonds is 6. The van der Waals surface area contributed by atoms with Crippen LogP contribution in [-0.2, 0) is 13.0 Å². The van der Waals surface area contributed by atoms with Crippen LogP contribution >= 0.6 is 11.3 Å². The minimum absolute atomic E-state index is 0.0990. The molecule has 0 bridgehead atoms. The van der Waals surface area contributed by atoms with Crippen molar-refractivity contribution in [3.8, 4) is 6.07 Å². The molecule has 10 heteroatoms. The van der Waals surface area contributed by atoms with E-state index in [0.29, 0.717) is 25.2 Å². The summed E-state index contributed by atoms with van der Waals surface area (Å²) in [5.41, 5.74) is 3.33. The average molecular weight is 481 g/mol. The summed E-state index contributed by atoms with van der Waals surface area (Å²) < 4.78 is 3.02. The maximum atomic E-state index is 10.4. The van der Waals surface area contributed by atoms with Crippen LogP contribution in [0, 0.1) is 18.3 Å². The van der Waals surface area contributed by atoms with Gasteiger partial charge in [-0.3, -0.25) is 4.90 Å². The molecule has 5 rings (SSSR count). The molecular formula is C24H28N6O3S. The topological polar surface area (TPSA) is 122 Å². The number of nitrogens with zero attached hydrogens (tertiary/aromatic N) is 6. The van der Waals surface area contributed by atoms with Crippen molar-refractivity contribution in [3.05, 3.63) is 52.6 Å². The van der Waals surface area contributed by atoms with E-state index in [9.17, 15) is 15.3 Å². The summed E-state index contributed by atoms with van der Waals surface area (Å²) in [6.07, 6.45) is 5.22. The number of aryl methyl sites for hydroxylation is 1. The number of allylic oxidation sites excluding steroid dienone is 1. The van der Waals surface area contributed by atoms with E-state index in [1.54, 1.807) is 11.3 Å². The van der Waals surface area contributed by atoms with Crippen molar-refractivity contribution >= 4 is 27.3 Å². The second-order valence-electron chi connectivity index (χ2n) is 8.93. The van der Waals surface area contributed by atoms with Gasteiger partial charge in [-0.2, -0.15) is 5.26 Å². The van der Waals surface area contributed by atoms with Gasteiger partial charge in [0.1, 0.15) is 6.04 Å². The van der Waals surface area contributed by atoms with Crippen LogP contribution in [0.5, 0.6) is 0 Å². The zero-order valence-electron chi connectivity index (χ0n) is 19.2. The summed E-state index contributed by atoms with van der Waals surface area (Å²) in [5.74, 6) is -2.01. The fourth-order valence-electron chi connectivity index (χ4n) is 5.19. The molecule has 4 heterocycles. The van der Waals surface area contributed by atoms with Gasteiger partial charge in [0, 0.05) is 38.4 Å². The molecule has 1 aromatic carbocycles. The SMILES string of the molecule is CCC1CN(C(c2ccc3nc(C)sc3c2)C(O)(O)O)CCN1C1=CCn2cc(CC#N)nc21. The van der Waals surface area contributed by atoms with Crippen LogP contribution in [0.1, 0.15) is 41.5 Å². The maximum absolute atomic E-state index is 10.4. The molecule has 1 saturated heterocycles. The molecule has 2 aromatic heterocycles. The Morgan fingerprint density at radius 1 is 1.26 bits per heavy atom. The number of fused-ring (bicyclic) bond motifs is 2. The number of benzene rings is 1. The summed E-state index contributed by atoms with van der Waals surface area (Å²) in [6.45, 7) is 6.51. The molecule has 3 aromatic rings. The summed E-state index contributed by atoms with van der Waals surface area (Å²) in [5, 5.41) is 41.1. The quantitative estimate of drug-likeness (QED) is 0.458. The van der Waals surface area contributed by atoms with Crippen LogP contribution in [0.25, 0.3) is 15.9 Å². The van der Waals surface area contributed by atoms with Gasteiger partial charge in [-0.1, -0.05) is 13.0 Å². The van der Waals surface area contributed by atoms with Crippen molar-refractivity contribution < 1.29 is 15.3 Å². The first-order valence-electron chi connectivity index (χ1n) is 11.5. The lowest BCUT2D eigenvalue weighted by molar-refractivity contribution is -0.346. The molecule has 0 aliphatic carbocycles. The molecule has 0 saturated carbocycles. The highest BCUT2D eigenvalue weighted by Gasteiger charge is 2.42. The van der Waals surface area contributed by atoms with Crippen LogP contribution < -0.4 is 0 Å². The average Bonchev–Trinajstić information content (AvgIpc) is 3.46. The number of hydrogen-bond acceptors (Lipinski definition) is 9. The summed E-state index contributed by atoms with van der Waals surface area (Å²) >= 11 is 1.54. The largest absolute Gasteiger partial charge is 0.363 e. The van der Waals surface area contributed by atoms with E-state index in [0.717, 1.165) is 45.4 Å². The Kier molecular flexibility index (Phi) is 5.91. The van der Waals surface area contributed by atoms with Crippen LogP contribution in [0.4, 0.5) is 0 Å². The molecule has 0 spiro atoms. The predicted octanol–water partition coefficient (Wildman–Crippen LogP) is 1.99. The molecule has 2 aliphatic heterocycles. The molecule has 2 unspecified atom stereocenters. The minimum Gasteiger partial charge on any atom is -0.363 e. The Bertz CT molecular complexity index is 1280. The molecule has 9 nitrogen and oxygen atoms in total. The van der Waals surface area contributed by atoms with Gasteiger partial charge in [0.2, 0.25) is 0 Å². The van der Waals surface area contributed by atoms with Gasteiger partial charge in [-0.05, 0) is 37.1 Å². The predicted molar refractivity (Wildman–Crippen MR) is 128 cm³/mol. The van der Waals surface area contributed by atoms with Crippen LogP contribution in [0.15, 0.2) is 30.5 Å². The second kappa shape index (κ2) is 8.76. The summed E-state index contributed by atoms with van der Waals surface area (Å²) in [4.78, 5) is 13.4. The van der Waals surface area contributed by atoms with Gasteiger partial charge in [0.15, 0.2) is 5.82 Å². The van der Waals surface area contributed by atoms with Crippen LogP contribution in [-0.4, -0.2) is 71.3 Å². The summed E-state index contributed by atoms with van der Waals surface area (Å²) in [6, 6.07) is 6.83. The molecule has 34 heavy (non-hydrogen) atoms. The number of aromatic nitrogens is 3. The third-order valence-electron chi connectivity index (χ3n) is 6.66. The van der Waals surface area contributed by atoms with Crippen LogP contribution in [0.2, 0.25) is 0 Å². The zero-order chi connectivity index (χ0) is 24.0. The number of nitriles is 1. The number of imidazole rings is 1. The molecule has 2 atom stereocenters. The van der Waals surface area contributed by atoms with Gasteiger partial charge in [-0.15, -0.1) is 11.3 Å². The fourth-order valence-corrected chi connectivity index (χ4v) is 6.06. The number of piperazine rings is 1. The molecule has 3 N–H and O–H groups in total. The van der Waals surface area contributed by atoms with E-state index in [-0.39, 0.29) is 12.5 Å². The lowest BCUT2D eigenvalue weighted by Gasteiger charge is -2.47. The number of aliphatic hydroxyl groups is 3. The Morgan fingerprint density at radius 2 is 2.09 bits per heavy atom. The number of thiazole rings is 1. The molecule has 1 fully saturated rings. The van der Waals surface area contributed by atoms with Crippen molar-refractivity contribution in [2.24, 2.45) is 0 Å². The Hall–Kier alpha value is -2.81. The zero-order valence-corrected chi connectivity index (χ0v) is 20.0. The lowest BCUT2D eigenvalue weighted by atomic mass is 9.99. The highest BCUT2D eigenvalue weighted by atomic mass is 32.1. The molecule has 2 aliphatic rings. The van der Waals surface area contributed by atoms with E-state index in [4.69, 9.17) is 5.26 Å². The van der Waals surface area contributed by atoms with Crippen LogP contribution in [0.3, 0.4) is 0 Å². The van der Waals surface area contributed by atoms with Crippen molar-refractivity contribution in [1.29, 1.82) is 5.26 Å². The Balaban J connectivity index is 1.41. The molecule has 0 amide bonds. The highest BCUT2D eigenvalue weighted by molar-refractivity contribution is 7.18. The summed E-state index contributed by atoms with van der Waals surface area (Å²) in [7, 11) is 0. The van der Waals surface area contributed by atoms with E-state index >= 15 is 0 Å². The van der Waals surface area contributed by atoms with Crippen molar-refractivity contribution in [2.45, 2.75) is 51.3 Å². The first kappa shape index (κ1) is 23.0. The maximum Gasteiger partial charge on any atom is 0.296 e. The Morgan fingerprint density at radius 3 is 2.82 bits per heavy atom. The van der Waals surface area contributed by atoms with E-state index in [1.165, 1.54) is 0 Å². The van der Waals surface area contributed by atoms with Gasteiger partial charge >= 0.3 is 0 Å². The van der Waals surface area contributed by atoms with Crippen molar-refractivity contribution in [1.82, 2.24) is 24.3 Å². The van der Waals surface area contributed by atoms with Gasteiger partial charge in [0.25, 0.3) is 5.97 Å². The van der Waals surface area contributed by atoms with E-state index in [2.05, 4.69) is 38.5 Å². The second-order valence-corrected chi connectivity index (χ2v) is 10.2. The van der Waals surface area contributed by atoms with Gasteiger partial charge in [0.05, 0.1) is 39.1 Å². The third kappa shape index (κ3) is 4.10. The molecule has 178 valence electrons.